The second kappa shape index (κ2) is 5.35. The predicted octanol–water partition coefficient (Wildman–Crippen LogP) is 2.64. The third-order valence-corrected chi connectivity index (χ3v) is 3.83. The van der Waals surface area contributed by atoms with E-state index in [1.807, 2.05) is 18.7 Å². The summed E-state index contributed by atoms with van der Waals surface area (Å²) in [5.41, 5.74) is 6.61. The molecule has 1 unspecified atom stereocenters. The van der Waals surface area contributed by atoms with Gasteiger partial charge in [-0.1, -0.05) is 20.8 Å². The lowest BCUT2D eigenvalue weighted by molar-refractivity contribution is 0.642. The first-order valence-corrected chi connectivity index (χ1v) is 6.25. The second-order valence-electron chi connectivity index (χ2n) is 4.11. The monoisotopic (exact) mass is 225 g/mol. The maximum absolute atomic E-state index is 5.67. The van der Waals surface area contributed by atoms with Gasteiger partial charge in [-0.05, 0) is 12.8 Å². The molecule has 0 aliphatic carbocycles. The Morgan fingerprint density at radius 2 is 2.00 bits per heavy atom. The molecule has 2 N–H and O–H groups in total. The number of hydrogen-bond donors (Lipinski definition) is 1. The van der Waals surface area contributed by atoms with Gasteiger partial charge in [0.05, 0.1) is 5.75 Å². The smallest absolute Gasteiger partial charge is 0.140 e. The molecule has 3 nitrogen and oxygen atoms in total. The molecule has 0 bridgehead atoms. The highest BCUT2D eigenvalue weighted by Gasteiger charge is 2.09. The summed E-state index contributed by atoms with van der Waals surface area (Å²) < 4.78 is 0. The summed E-state index contributed by atoms with van der Waals surface area (Å²) in [5.74, 6) is 2.92. The maximum Gasteiger partial charge on any atom is 0.140 e. The molecule has 0 aliphatic heterocycles. The van der Waals surface area contributed by atoms with E-state index in [2.05, 4.69) is 30.7 Å². The summed E-state index contributed by atoms with van der Waals surface area (Å²) in [6.07, 6.45) is 0. The van der Waals surface area contributed by atoms with Gasteiger partial charge in [0.1, 0.15) is 11.6 Å². The minimum atomic E-state index is 0.565. The van der Waals surface area contributed by atoms with Crippen molar-refractivity contribution < 1.29 is 0 Å². The van der Waals surface area contributed by atoms with E-state index in [0.29, 0.717) is 17.0 Å². The third kappa shape index (κ3) is 4.08. The lowest BCUT2D eigenvalue weighted by atomic mass is 10.2. The van der Waals surface area contributed by atoms with Crippen LogP contribution in [0.25, 0.3) is 0 Å². The highest BCUT2D eigenvalue weighted by Crippen LogP contribution is 2.22. The van der Waals surface area contributed by atoms with Crippen molar-refractivity contribution in [1.82, 2.24) is 9.97 Å². The minimum absolute atomic E-state index is 0.565. The Labute approximate surface area is 95.9 Å². The van der Waals surface area contributed by atoms with E-state index in [9.17, 15) is 0 Å². The fourth-order valence-electron chi connectivity index (χ4n) is 1.12. The Kier molecular flexibility index (Phi) is 4.39. The van der Waals surface area contributed by atoms with Crippen molar-refractivity contribution in [2.45, 2.75) is 38.7 Å². The summed E-state index contributed by atoms with van der Waals surface area (Å²) in [7, 11) is 0. The minimum Gasteiger partial charge on any atom is -0.384 e. The van der Waals surface area contributed by atoms with Crippen molar-refractivity contribution in [1.29, 1.82) is 0 Å². The first-order chi connectivity index (χ1) is 6.99. The SMILES string of the molecule is Cc1cc(N)nc(CSC(C)C(C)C)n1. The van der Waals surface area contributed by atoms with Gasteiger partial charge in [0.15, 0.2) is 0 Å². The molecule has 0 aliphatic rings. The number of nitrogens with two attached hydrogens (primary N) is 1. The molecule has 1 aromatic heterocycles. The van der Waals surface area contributed by atoms with Crippen LogP contribution in [0.1, 0.15) is 32.3 Å². The average Bonchev–Trinajstić information content (AvgIpc) is 2.12. The van der Waals surface area contributed by atoms with Gasteiger partial charge in [-0.3, -0.25) is 0 Å². The summed E-state index contributed by atoms with van der Waals surface area (Å²) in [4.78, 5) is 8.56. The van der Waals surface area contributed by atoms with Gasteiger partial charge in [0.25, 0.3) is 0 Å². The molecule has 0 radical (unpaired) electrons. The normalized spacial score (nSPS) is 13.1. The van der Waals surface area contributed by atoms with Gasteiger partial charge in [0.2, 0.25) is 0 Å². The summed E-state index contributed by atoms with van der Waals surface area (Å²) in [6, 6.07) is 1.79. The Morgan fingerprint density at radius 3 is 2.53 bits per heavy atom. The van der Waals surface area contributed by atoms with Crippen molar-refractivity contribution >= 4 is 17.6 Å². The molecule has 1 atom stereocenters. The molecule has 0 saturated carbocycles. The van der Waals surface area contributed by atoms with E-state index in [1.165, 1.54) is 0 Å². The predicted molar refractivity (Wildman–Crippen MR) is 66.8 cm³/mol. The number of nitrogens with zero attached hydrogens (tertiary/aromatic N) is 2. The Bertz CT molecular complexity index is 305. The van der Waals surface area contributed by atoms with E-state index in [-0.39, 0.29) is 0 Å². The maximum atomic E-state index is 5.67. The Morgan fingerprint density at radius 1 is 1.33 bits per heavy atom. The van der Waals surface area contributed by atoms with Crippen molar-refractivity contribution in [3.8, 4) is 0 Å². The Balaban J connectivity index is 2.57. The highest BCUT2D eigenvalue weighted by atomic mass is 32.2. The molecule has 0 amide bonds. The van der Waals surface area contributed by atoms with Crippen LogP contribution in [0.5, 0.6) is 0 Å². The number of thioether (sulfide) groups is 1. The standard InChI is InChI=1S/C11H19N3S/c1-7(2)9(4)15-6-11-13-8(3)5-10(12)14-11/h5,7,9H,6H2,1-4H3,(H2,12,13,14). The number of nitrogen functional groups attached to an aromatic ring is 1. The molecule has 4 heteroatoms. The first kappa shape index (κ1) is 12.3. The summed E-state index contributed by atoms with van der Waals surface area (Å²) in [6.45, 7) is 8.62. The third-order valence-electron chi connectivity index (χ3n) is 2.33. The van der Waals surface area contributed by atoms with Crippen LogP contribution in [0.4, 0.5) is 5.82 Å². The van der Waals surface area contributed by atoms with Crippen LogP contribution in [0.2, 0.25) is 0 Å². The zero-order chi connectivity index (χ0) is 11.4. The molecule has 0 saturated heterocycles. The van der Waals surface area contributed by atoms with Crippen LogP contribution in [0.15, 0.2) is 6.07 Å². The lowest BCUT2D eigenvalue weighted by Crippen LogP contribution is -2.07. The Hall–Kier alpha value is -0.770. The van der Waals surface area contributed by atoms with E-state index in [4.69, 9.17) is 5.73 Å². The molecule has 0 spiro atoms. The number of anilines is 1. The number of rotatable bonds is 4. The quantitative estimate of drug-likeness (QED) is 0.856. The van der Waals surface area contributed by atoms with E-state index in [1.54, 1.807) is 6.07 Å². The number of hydrogen-bond acceptors (Lipinski definition) is 4. The van der Waals surface area contributed by atoms with Gasteiger partial charge >= 0.3 is 0 Å². The van der Waals surface area contributed by atoms with Gasteiger partial charge in [-0.2, -0.15) is 11.8 Å². The van der Waals surface area contributed by atoms with E-state index in [0.717, 1.165) is 17.3 Å². The molecular weight excluding hydrogens is 206 g/mol. The first-order valence-electron chi connectivity index (χ1n) is 5.20. The molecule has 0 fully saturated rings. The number of aryl methyl sites for hydroxylation is 1. The van der Waals surface area contributed by atoms with Gasteiger partial charge in [0, 0.05) is 17.0 Å². The van der Waals surface area contributed by atoms with Gasteiger partial charge < -0.3 is 5.73 Å². The van der Waals surface area contributed by atoms with Crippen LogP contribution in [-0.4, -0.2) is 15.2 Å². The average molecular weight is 225 g/mol. The van der Waals surface area contributed by atoms with E-state index < -0.39 is 0 Å². The van der Waals surface area contributed by atoms with Crippen molar-refractivity contribution in [3.63, 3.8) is 0 Å². The topological polar surface area (TPSA) is 51.8 Å². The second-order valence-corrected chi connectivity index (χ2v) is 5.48. The lowest BCUT2D eigenvalue weighted by Gasteiger charge is -2.14. The molecule has 0 aromatic carbocycles. The van der Waals surface area contributed by atoms with Crippen molar-refractivity contribution in [2.24, 2.45) is 5.92 Å². The zero-order valence-electron chi connectivity index (χ0n) is 9.82. The van der Waals surface area contributed by atoms with Gasteiger partial charge in [-0.15, -0.1) is 0 Å². The van der Waals surface area contributed by atoms with Crippen LogP contribution in [0.3, 0.4) is 0 Å². The molecule has 1 aromatic rings. The van der Waals surface area contributed by atoms with Crippen molar-refractivity contribution in [3.05, 3.63) is 17.6 Å². The zero-order valence-corrected chi connectivity index (χ0v) is 10.6. The van der Waals surface area contributed by atoms with Crippen LogP contribution >= 0.6 is 11.8 Å². The number of aromatic nitrogens is 2. The van der Waals surface area contributed by atoms with Gasteiger partial charge in [-0.25, -0.2) is 9.97 Å². The highest BCUT2D eigenvalue weighted by molar-refractivity contribution is 7.99. The summed E-state index contributed by atoms with van der Waals surface area (Å²) in [5, 5.41) is 0.621. The van der Waals surface area contributed by atoms with Crippen molar-refractivity contribution in [2.75, 3.05) is 5.73 Å². The fraction of sp³-hybridized carbons (Fsp3) is 0.636. The molecule has 15 heavy (non-hydrogen) atoms. The fourth-order valence-corrected chi connectivity index (χ4v) is 2.05. The molecule has 84 valence electrons. The molecular formula is C11H19N3S. The van der Waals surface area contributed by atoms with Crippen LogP contribution < -0.4 is 5.73 Å². The summed E-state index contributed by atoms with van der Waals surface area (Å²) >= 11 is 1.87. The van der Waals surface area contributed by atoms with Crippen LogP contribution in [-0.2, 0) is 5.75 Å². The largest absolute Gasteiger partial charge is 0.384 e. The van der Waals surface area contributed by atoms with E-state index >= 15 is 0 Å². The van der Waals surface area contributed by atoms with Crippen LogP contribution in [0, 0.1) is 12.8 Å². The molecule has 1 rings (SSSR count). The molecule has 1 heterocycles.